The Morgan fingerprint density at radius 1 is 1.21 bits per heavy atom. The number of fused-ring (bicyclic) bond motifs is 1. The molecular weight excluding hydrogens is 350 g/mol. The van der Waals surface area contributed by atoms with Crippen LogP contribution in [0.4, 0.5) is 5.82 Å². The fraction of sp³-hybridized carbons (Fsp3) is 0.273. The zero-order valence-electron chi connectivity index (χ0n) is 16.6. The lowest BCUT2D eigenvalue weighted by atomic mass is 10.0. The Morgan fingerprint density at radius 3 is 2.68 bits per heavy atom. The molecule has 3 heterocycles. The summed E-state index contributed by atoms with van der Waals surface area (Å²) in [5.74, 6) is 0.478. The van der Waals surface area contributed by atoms with E-state index in [0.29, 0.717) is 12.2 Å². The number of pyridine rings is 3. The molecule has 3 rings (SSSR count). The molecule has 1 N–H and O–H groups in total. The van der Waals surface area contributed by atoms with Gasteiger partial charge in [-0.05, 0) is 37.5 Å². The highest BCUT2D eigenvalue weighted by Gasteiger charge is 2.12. The van der Waals surface area contributed by atoms with E-state index in [1.54, 1.807) is 19.4 Å². The number of hydrogen-bond donors (Lipinski definition) is 1. The van der Waals surface area contributed by atoms with Crippen molar-refractivity contribution in [1.29, 1.82) is 0 Å². The van der Waals surface area contributed by atoms with Gasteiger partial charge in [0.05, 0.1) is 5.52 Å². The molecule has 0 aliphatic carbocycles. The molecule has 1 amide bonds. The van der Waals surface area contributed by atoms with Crippen LogP contribution in [-0.4, -0.2) is 28.0 Å². The Kier molecular flexibility index (Phi) is 5.99. The van der Waals surface area contributed by atoms with E-state index in [2.05, 4.69) is 52.8 Å². The monoisotopic (exact) mass is 375 g/mol. The minimum Gasteiger partial charge on any atom is -0.313 e. The highest BCUT2D eigenvalue weighted by molar-refractivity contribution is 5.88. The van der Waals surface area contributed by atoms with Gasteiger partial charge in [0.1, 0.15) is 11.3 Å². The van der Waals surface area contributed by atoms with E-state index in [-0.39, 0.29) is 0 Å². The van der Waals surface area contributed by atoms with E-state index < -0.39 is 0 Å². The van der Waals surface area contributed by atoms with E-state index >= 15 is 0 Å². The topological polar surface area (TPSA) is 72.2 Å². The summed E-state index contributed by atoms with van der Waals surface area (Å²) in [6.07, 6.45) is 9.28. The van der Waals surface area contributed by atoms with E-state index in [4.69, 9.17) is 0 Å². The van der Waals surface area contributed by atoms with Crippen LogP contribution in [0.3, 0.4) is 0 Å². The third-order valence-corrected chi connectivity index (χ3v) is 4.79. The highest BCUT2D eigenvalue weighted by atomic mass is 16.1. The van der Waals surface area contributed by atoms with E-state index in [0.717, 1.165) is 58.0 Å². The summed E-state index contributed by atoms with van der Waals surface area (Å²) in [4.78, 5) is 24.2. The molecule has 0 unspecified atom stereocenters. The molecule has 0 bridgehead atoms. The second-order valence-electron chi connectivity index (χ2n) is 6.64. The van der Waals surface area contributed by atoms with Gasteiger partial charge < -0.3 is 9.88 Å². The molecule has 0 spiro atoms. The molecule has 0 atom stereocenters. The van der Waals surface area contributed by atoms with Crippen molar-refractivity contribution in [2.75, 3.05) is 12.4 Å². The SMILES string of the molecule is C=Cn1c(=NC)c(-c2cnc(CCCC)cc2C)cc2cnc(NC=O)cc21. The van der Waals surface area contributed by atoms with Gasteiger partial charge in [-0.3, -0.25) is 14.8 Å². The molecular formula is C22H25N5O. The highest BCUT2D eigenvalue weighted by Crippen LogP contribution is 2.25. The van der Waals surface area contributed by atoms with Gasteiger partial charge in [0.15, 0.2) is 0 Å². The Labute approximate surface area is 164 Å². The van der Waals surface area contributed by atoms with Crippen molar-refractivity contribution in [3.05, 3.63) is 53.9 Å². The zero-order valence-corrected chi connectivity index (χ0v) is 16.6. The van der Waals surface area contributed by atoms with Crippen molar-refractivity contribution < 1.29 is 4.79 Å². The number of nitrogens with zero attached hydrogens (tertiary/aromatic N) is 4. The van der Waals surface area contributed by atoms with Crippen molar-refractivity contribution in [2.24, 2.45) is 4.99 Å². The number of aromatic nitrogens is 3. The number of amides is 1. The maximum absolute atomic E-state index is 10.8. The predicted octanol–water partition coefficient (Wildman–Crippen LogP) is 3.95. The molecule has 0 fully saturated rings. The second-order valence-corrected chi connectivity index (χ2v) is 6.64. The first-order valence-corrected chi connectivity index (χ1v) is 9.39. The Balaban J connectivity index is 2.23. The molecule has 0 aromatic carbocycles. The number of nitrogens with one attached hydrogen (secondary N) is 1. The van der Waals surface area contributed by atoms with Crippen LogP contribution in [0.2, 0.25) is 0 Å². The molecule has 6 heteroatoms. The van der Waals surface area contributed by atoms with Crippen molar-refractivity contribution in [1.82, 2.24) is 14.5 Å². The van der Waals surface area contributed by atoms with Crippen molar-refractivity contribution in [3.63, 3.8) is 0 Å². The molecule has 3 aromatic heterocycles. The average Bonchev–Trinajstić information content (AvgIpc) is 2.71. The third kappa shape index (κ3) is 3.71. The molecule has 3 aromatic rings. The number of hydrogen-bond acceptors (Lipinski definition) is 4. The summed E-state index contributed by atoms with van der Waals surface area (Å²) in [7, 11) is 1.76. The van der Waals surface area contributed by atoms with Crippen LogP contribution >= 0.6 is 0 Å². The number of carbonyl (C=O) groups is 1. The largest absolute Gasteiger partial charge is 0.313 e. The molecule has 0 radical (unpaired) electrons. The number of aryl methyl sites for hydroxylation is 2. The summed E-state index contributed by atoms with van der Waals surface area (Å²) in [5.41, 5.74) is 5.92. The first-order valence-electron chi connectivity index (χ1n) is 9.39. The minimum atomic E-state index is 0.478. The molecule has 144 valence electrons. The van der Waals surface area contributed by atoms with Gasteiger partial charge in [-0.1, -0.05) is 19.9 Å². The molecule has 6 nitrogen and oxygen atoms in total. The fourth-order valence-corrected chi connectivity index (χ4v) is 3.38. The average molecular weight is 375 g/mol. The van der Waals surface area contributed by atoms with Gasteiger partial charge in [-0.15, -0.1) is 0 Å². The summed E-state index contributed by atoms with van der Waals surface area (Å²) >= 11 is 0. The van der Waals surface area contributed by atoms with Crippen LogP contribution < -0.4 is 10.8 Å². The van der Waals surface area contributed by atoms with E-state index in [1.807, 2.05) is 16.8 Å². The van der Waals surface area contributed by atoms with Crippen molar-refractivity contribution >= 4 is 29.3 Å². The Bertz CT molecular complexity index is 1100. The molecule has 28 heavy (non-hydrogen) atoms. The van der Waals surface area contributed by atoms with Crippen LogP contribution in [0.15, 0.2) is 42.2 Å². The maximum atomic E-state index is 10.8. The number of rotatable bonds is 7. The molecule has 0 saturated carbocycles. The summed E-state index contributed by atoms with van der Waals surface area (Å²) in [6, 6.07) is 6.02. The van der Waals surface area contributed by atoms with Gasteiger partial charge >= 0.3 is 0 Å². The Hall–Kier alpha value is -3.28. The van der Waals surface area contributed by atoms with Gasteiger partial charge in [0, 0.05) is 53.9 Å². The summed E-state index contributed by atoms with van der Waals surface area (Å²) in [5, 5.41) is 3.51. The van der Waals surface area contributed by atoms with Crippen molar-refractivity contribution in [3.8, 4) is 11.1 Å². The Morgan fingerprint density at radius 2 is 2.04 bits per heavy atom. The number of anilines is 1. The minimum absolute atomic E-state index is 0.478. The smallest absolute Gasteiger partial charge is 0.212 e. The van der Waals surface area contributed by atoms with Crippen LogP contribution in [0.1, 0.15) is 31.0 Å². The lowest BCUT2D eigenvalue weighted by molar-refractivity contribution is -0.105. The number of carbonyl (C=O) groups excluding carboxylic acids is 1. The second kappa shape index (κ2) is 8.61. The van der Waals surface area contributed by atoms with Gasteiger partial charge in [0.2, 0.25) is 6.41 Å². The first-order chi connectivity index (χ1) is 13.6. The summed E-state index contributed by atoms with van der Waals surface area (Å²) < 4.78 is 1.91. The fourth-order valence-electron chi connectivity index (χ4n) is 3.38. The third-order valence-electron chi connectivity index (χ3n) is 4.79. The van der Waals surface area contributed by atoms with Gasteiger partial charge in [0.25, 0.3) is 0 Å². The lowest BCUT2D eigenvalue weighted by Gasteiger charge is -2.14. The van der Waals surface area contributed by atoms with Crippen LogP contribution in [0.5, 0.6) is 0 Å². The number of unbranched alkanes of at least 4 members (excludes halogenated alkanes) is 1. The quantitative estimate of drug-likeness (QED) is 0.636. The standard InChI is InChI=1S/C22H25N5O/c1-5-7-8-17-9-15(3)19(13-24-17)18-10-16-12-25-21(26-14-28)11-20(16)27(6-2)22(18)23-4/h6,9-14H,2,5,7-8H2,1,3-4H3,(H,25,26,28). The first kappa shape index (κ1) is 19.5. The zero-order chi connectivity index (χ0) is 20.1. The van der Waals surface area contributed by atoms with E-state index in [1.165, 1.54) is 0 Å². The van der Waals surface area contributed by atoms with Crippen LogP contribution in [0.25, 0.3) is 28.2 Å². The van der Waals surface area contributed by atoms with Gasteiger partial charge in [-0.25, -0.2) is 4.98 Å². The molecule has 0 aliphatic rings. The van der Waals surface area contributed by atoms with Crippen LogP contribution in [0, 0.1) is 6.92 Å². The summed E-state index contributed by atoms with van der Waals surface area (Å²) in [6.45, 7) is 8.23. The van der Waals surface area contributed by atoms with Crippen molar-refractivity contribution in [2.45, 2.75) is 33.1 Å². The molecule has 0 aliphatic heterocycles. The maximum Gasteiger partial charge on any atom is 0.212 e. The lowest BCUT2D eigenvalue weighted by Crippen LogP contribution is -2.20. The molecule has 0 saturated heterocycles. The van der Waals surface area contributed by atoms with Gasteiger partial charge in [-0.2, -0.15) is 0 Å². The predicted molar refractivity (Wildman–Crippen MR) is 114 cm³/mol. The van der Waals surface area contributed by atoms with E-state index in [9.17, 15) is 4.79 Å². The van der Waals surface area contributed by atoms with Crippen LogP contribution in [-0.2, 0) is 11.2 Å². The normalized spacial score (nSPS) is 11.6.